The highest BCUT2D eigenvalue weighted by molar-refractivity contribution is 9.10. The number of hydrogen-bond acceptors (Lipinski definition) is 5. The van der Waals surface area contributed by atoms with E-state index in [9.17, 15) is 9.59 Å². The molecule has 0 spiro atoms. The van der Waals surface area contributed by atoms with E-state index in [0.717, 1.165) is 26.9 Å². The van der Waals surface area contributed by atoms with Crippen LogP contribution in [0.25, 0.3) is 0 Å². The number of ether oxygens (including phenoxy) is 1. The van der Waals surface area contributed by atoms with Crippen LogP contribution in [0.2, 0.25) is 0 Å². The molecule has 0 aromatic heterocycles. The largest absolute Gasteiger partial charge is 0.484 e. The maximum Gasteiger partial charge on any atom is 0.258 e. The molecule has 0 aliphatic heterocycles. The second-order valence-corrected chi connectivity index (χ2v) is 9.37. The first kappa shape index (κ1) is 25.5. The third-order valence-corrected chi connectivity index (χ3v) is 6.22. The number of benzene rings is 3. The van der Waals surface area contributed by atoms with Crippen LogP contribution in [0, 0.1) is 0 Å². The maximum atomic E-state index is 12.1. The van der Waals surface area contributed by atoms with Gasteiger partial charge in [-0.15, -0.1) is 11.8 Å². The van der Waals surface area contributed by atoms with Gasteiger partial charge in [-0.3, -0.25) is 9.59 Å². The molecule has 0 bridgehead atoms. The number of thioether (sulfide) groups is 1. The van der Waals surface area contributed by atoms with E-state index >= 15 is 0 Å². The summed E-state index contributed by atoms with van der Waals surface area (Å²) in [7, 11) is 0. The van der Waals surface area contributed by atoms with Gasteiger partial charge in [0.1, 0.15) is 5.75 Å². The van der Waals surface area contributed by atoms with Crippen LogP contribution < -0.4 is 15.5 Å². The van der Waals surface area contributed by atoms with Gasteiger partial charge in [-0.25, -0.2) is 5.43 Å². The van der Waals surface area contributed by atoms with Gasteiger partial charge in [-0.1, -0.05) is 58.4 Å². The van der Waals surface area contributed by atoms with E-state index in [4.69, 9.17) is 4.74 Å². The van der Waals surface area contributed by atoms with Gasteiger partial charge < -0.3 is 10.1 Å². The zero-order valence-electron chi connectivity index (χ0n) is 18.7. The predicted molar refractivity (Wildman–Crippen MR) is 141 cm³/mol. The van der Waals surface area contributed by atoms with Crippen molar-refractivity contribution in [2.24, 2.45) is 5.10 Å². The molecule has 0 aliphatic rings. The lowest BCUT2D eigenvalue weighted by Crippen LogP contribution is -2.31. The van der Waals surface area contributed by atoms with E-state index < -0.39 is 0 Å². The number of rotatable bonds is 11. The molecule has 2 N–H and O–H groups in total. The highest BCUT2D eigenvalue weighted by atomic mass is 79.9. The Hall–Kier alpha value is -3.10. The Morgan fingerprint density at radius 2 is 1.79 bits per heavy atom. The topological polar surface area (TPSA) is 79.8 Å². The molecule has 176 valence electrons. The Morgan fingerprint density at radius 1 is 1.03 bits per heavy atom. The number of nitrogens with one attached hydrogen (secondary N) is 2. The van der Waals surface area contributed by atoms with Crippen molar-refractivity contribution in [2.45, 2.75) is 18.7 Å². The Balaban J connectivity index is 1.35. The van der Waals surface area contributed by atoms with Crippen molar-refractivity contribution in [3.8, 4) is 5.75 Å². The first-order valence-electron chi connectivity index (χ1n) is 10.7. The van der Waals surface area contributed by atoms with Crippen LogP contribution in [0.15, 0.2) is 88.4 Å². The number of hydrogen-bond donors (Lipinski definition) is 2. The van der Waals surface area contributed by atoms with Crippen molar-refractivity contribution in [3.63, 3.8) is 0 Å². The van der Waals surface area contributed by atoms with Gasteiger partial charge in [-0.05, 0) is 60.0 Å². The third kappa shape index (κ3) is 9.03. The number of amides is 2. The van der Waals surface area contributed by atoms with Gasteiger partial charge >= 0.3 is 0 Å². The minimum Gasteiger partial charge on any atom is -0.484 e. The predicted octanol–water partition coefficient (Wildman–Crippen LogP) is 5.09. The van der Waals surface area contributed by atoms with Gasteiger partial charge in [-0.2, -0.15) is 5.10 Å². The minimum atomic E-state index is -0.192. The standard InChI is InChI=1S/C26H26BrN3O3S/c1-19(22-7-3-2-4-8-22)29-25(31)16-33-24-12-10-20(11-13-24)15-28-30-26(32)18-34-17-21-6-5-9-23(27)14-21/h2-15,19H,16-18H2,1H3,(H,29,31)(H,30,32)/b28-15-/t19-/m0/s1. The van der Waals surface area contributed by atoms with Crippen LogP contribution in [0.4, 0.5) is 0 Å². The summed E-state index contributed by atoms with van der Waals surface area (Å²) < 4.78 is 6.58. The summed E-state index contributed by atoms with van der Waals surface area (Å²) >= 11 is 4.97. The van der Waals surface area contributed by atoms with E-state index in [1.807, 2.05) is 61.5 Å². The van der Waals surface area contributed by atoms with E-state index in [1.54, 1.807) is 30.5 Å². The van der Waals surface area contributed by atoms with Crippen LogP contribution in [0.1, 0.15) is 29.7 Å². The first-order valence-corrected chi connectivity index (χ1v) is 12.7. The third-order valence-electron chi connectivity index (χ3n) is 4.72. The van der Waals surface area contributed by atoms with E-state index in [2.05, 4.69) is 31.8 Å². The quantitative estimate of drug-likeness (QED) is 0.262. The summed E-state index contributed by atoms with van der Waals surface area (Å²) in [4.78, 5) is 24.1. The molecule has 0 aliphatic carbocycles. The fourth-order valence-electron chi connectivity index (χ4n) is 3.01. The zero-order valence-corrected chi connectivity index (χ0v) is 21.1. The lowest BCUT2D eigenvalue weighted by atomic mass is 10.1. The number of carbonyl (C=O) groups is 2. The van der Waals surface area contributed by atoms with Crippen molar-refractivity contribution >= 4 is 45.7 Å². The molecule has 0 saturated heterocycles. The summed E-state index contributed by atoms with van der Waals surface area (Å²) in [5.41, 5.74) is 5.52. The number of nitrogens with zero attached hydrogens (tertiary/aromatic N) is 1. The molecule has 0 unspecified atom stereocenters. The highest BCUT2D eigenvalue weighted by Gasteiger charge is 2.09. The fourth-order valence-corrected chi connectivity index (χ4v) is 4.22. The van der Waals surface area contributed by atoms with E-state index in [-0.39, 0.29) is 24.5 Å². The molecule has 34 heavy (non-hydrogen) atoms. The van der Waals surface area contributed by atoms with E-state index in [0.29, 0.717) is 11.5 Å². The molecule has 1 atom stereocenters. The molecular weight excluding hydrogens is 514 g/mol. The van der Waals surface area contributed by atoms with Crippen molar-refractivity contribution in [3.05, 3.63) is 100 Å². The molecule has 6 nitrogen and oxygen atoms in total. The Labute approximate surface area is 212 Å². The average Bonchev–Trinajstić information content (AvgIpc) is 2.84. The second-order valence-electron chi connectivity index (χ2n) is 7.47. The van der Waals surface area contributed by atoms with Crippen LogP contribution in [0.3, 0.4) is 0 Å². The number of halogens is 1. The van der Waals surface area contributed by atoms with Gasteiger partial charge in [0, 0.05) is 10.2 Å². The second kappa shape index (κ2) is 13.6. The lowest BCUT2D eigenvalue weighted by Gasteiger charge is -2.14. The van der Waals surface area contributed by atoms with Gasteiger partial charge in [0.15, 0.2) is 6.61 Å². The Morgan fingerprint density at radius 3 is 2.53 bits per heavy atom. The molecule has 0 heterocycles. The number of carbonyl (C=O) groups excluding carboxylic acids is 2. The Kier molecular flexibility index (Phi) is 10.2. The van der Waals surface area contributed by atoms with Crippen molar-refractivity contribution < 1.29 is 14.3 Å². The summed E-state index contributed by atoms with van der Waals surface area (Å²) in [6, 6.07) is 24.8. The van der Waals surface area contributed by atoms with Crippen LogP contribution >= 0.6 is 27.7 Å². The SMILES string of the molecule is C[C@H](NC(=O)COc1ccc(/C=N\NC(=O)CSCc2cccc(Br)c2)cc1)c1ccccc1. The summed E-state index contributed by atoms with van der Waals surface area (Å²) in [5.74, 6) is 1.30. The summed E-state index contributed by atoms with van der Waals surface area (Å²) in [6.45, 7) is 1.86. The maximum absolute atomic E-state index is 12.1. The summed E-state index contributed by atoms with van der Waals surface area (Å²) in [5, 5.41) is 6.91. The normalized spacial score (nSPS) is 11.7. The minimum absolute atomic E-state index is 0.0712. The molecule has 3 aromatic rings. The van der Waals surface area contributed by atoms with E-state index in [1.165, 1.54) is 11.8 Å². The molecule has 3 aromatic carbocycles. The Bertz CT molecular complexity index is 1110. The lowest BCUT2D eigenvalue weighted by molar-refractivity contribution is -0.123. The van der Waals surface area contributed by atoms with Crippen LogP contribution in [0.5, 0.6) is 5.75 Å². The molecule has 2 amide bonds. The summed E-state index contributed by atoms with van der Waals surface area (Å²) in [6.07, 6.45) is 1.56. The highest BCUT2D eigenvalue weighted by Crippen LogP contribution is 2.17. The average molecular weight is 540 g/mol. The molecule has 8 heteroatoms. The molecule has 0 saturated carbocycles. The van der Waals surface area contributed by atoms with Gasteiger partial charge in [0.25, 0.3) is 5.91 Å². The molecule has 0 radical (unpaired) electrons. The first-order chi connectivity index (χ1) is 16.5. The molecule has 0 fully saturated rings. The van der Waals surface area contributed by atoms with Crippen molar-refractivity contribution in [1.82, 2.24) is 10.7 Å². The van der Waals surface area contributed by atoms with Crippen LogP contribution in [-0.2, 0) is 15.3 Å². The van der Waals surface area contributed by atoms with Crippen molar-refractivity contribution in [1.29, 1.82) is 0 Å². The monoisotopic (exact) mass is 539 g/mol. The zero-order chi connectivity index (χ0) is 24.2. The molecule has 3 rings (SSSR count). The smallest absolute Gasteiger partial charge is 0.258 e. The van der Waals surface area contributed by atoms with Crippen LogP contribution in [-0.4, -0.2) is 30.4 Å². The fraction of sp³-hybridized carbons (Fsp3) is 0.192. The molecular formula is C26H26BrN3O3S. The number of hydrazone groups is 1. The van der Waals surface area contributed by atoms with Crippen molar-refractivity contribution in [2.75, 3.05) is 12.4 Å². The van der Waals surface area contributed by atoms with Gasteiger partial charge in [0.05, 0.1) is 18.0 Å². The van der Waals surface area contributed by atoms with Gasteiger partial charge in [0.2, 0.25) is 5.91 Å².